The Labute approximate surface area is 110 Å². The fourth-order valence-corrected chi connectivity index (χ4v) is 3.09. The molecule has 102 valence electrons. The second-order valence-corrected chi connectivity index (χ2v) is 6.75. The molecule has 0 aromatic heterocycles. The number of ether oxygens (including phenoxy) is 2. The molecule has 0 N–H and O–H groups in total. The Hall–Kier alpha value is -0.540. The molecule has 0 aromatic carbocycles. The predicted molar refractivity (Wildman–Crippen MR) is 71.2 cm³/mol. The highest BCUT2D eigenvalue weighted by molar-refractivity contribution is 5.10. The van der Waals surface area contributed by atoms with Gasteiger partial charge in [-0.3, -0.25) is 0 Å². The van der Waals surface area contributed by atoms with Crippen LogP contribution in [0, 0.1) is 5.41 Å². The Morgan fingerprint density at radius 3 is 2.33 bits per heavy atom. The molecule has 3 heteroatoms. The van der Waals surface area contributed by atoms with Gasteiger partial charge in [-0.05, 0) is 19.3 Å². The van der Waals surface area contributed by atoms with E-state index in [1.54, 1.807) is 0 Å². The second kappa shape index (κ2) is 4.53. The summed E-state index contributed by atoms with van der Waals surface area (Å²) in [4.78, 5) is 2.54. The summed E-state index contributed by atoms with van der Waals surface area (Å²) in [5.41, 5.74) is 1.69. The first kappa shape index (κ1) is 12.5. The number of allylic oxidation sites excluding steroid dienone is 1. The summed E-state index contributed by atoms with van der Waals surface area (Å²) in [6, 6.07) is 0. The van der Waals surface area contributed by atoms with Crippen LogP contribution < -0.4 is 0 Å². The lowest BCUT2D eigenvalue weighted by molar-refractivity contribution is -0.301. The Morgan fingerprint density at radius 2 is 1.78 bits per heavy atom. The zero-order chi connectivity index (χ0) is 12.6. The lowest BCUT2D eigenvalue weighted by Crippen LogP contribution is -2.48. The van der Waals surface area contributed by atoms with E-state index < -0.39 is 0 Å². The molecule has 0 saturated carbocycles. The molecule has 3 aliphatic rings. The number of nitrogens with zero attached hydrogens (tertiary/aromatic N) is 1. The molecule has 0 radical (unpaired) electrons. The third-order valence-corrected chi connectivity index (χ3v) is 4.37. The smallest absolute Gasteiger partial charge is 0.172 e. The molecule has 2 fully saturated rings. The molecule has 0 amide bonds. The van der Waals surface area contributed by atoms with Crippen molar-refractivity contribution in [1.29, 1.82) is 0 Å². The Kier molecular flexibility index (Phi) is 3.15. The lowest BCUT2D eigenvalue weighted by Gasteiger charge is -2.45. The topological polar surface area (TPSA) is 21.7 Å². The SMILES string of the molecule is CC1(C)COC2(CC=C(N3CCCC3)CC2)OC1. The molecule has 3 rings (SSSR count). The normalized spacial score (nSPS) is 30.6. The van der Waals surface area contributed by atoms with E-state index in [1.807, 2.05) is 0 Å². The van der Waals surface area contributed by atoms with Crippen molar-refractivity contribution < 1.29 is 9.47 Å². The monoisotopic (exact) mass is 251 g/mol. The zero-order valence-corrected chi connectivity index (χ0v) is 11.7. The minimum Gasteiger partial charge on any atom is -0.375 e. The van der Waals surface area contributed by atoms with Gasteiger partial charge in [0.1, 0.15) is 0 Å². The van der Waals surface area contributed by atoms with Crippen LogP contribution in [-0.4, -0.2) is 37.0 Å². The van der Waals surface area contributed by atoms with Gasteiger partial charge in [-0.15, -0.1) is 0 Å². The molecular weight excluding hydrogens is 226 g/mol. The molecule has 0 unspecified atom stereocenters. The van der Waals surface area contributed by atoms with Gasteiger partial charge < -0.3 is 14.4 Å². The van der Waals surface area contributed by atoms with E-state index in [0.29, 0.717) is 0 Å². The van der Waals surface area contributed by atoms with Gasteiger partial charge in [0, 0.05) is 37.0 Å². The zero-order valence-electron chi connectivity index (χ0n) is 11.7. The largest absolute Gasteiger partial charge is 0.375 e. The van der Waals surface area contributed by atoms with Crippen LogP contribution in [0.15, 0.2) is 11.8 Å². The van der Waals surface area contributed by atoms with E-state index in [1.165, 1.54) is 31.6 Å². The van der Waals surface area contributed by atoms with Crippen LogP contribution in [0.1, 0.15) is 46.0 Å². The first-order chi connectivity index (χ1) is 8.59. The number of likely N-dealkylation sites (tertiary alicyclic amines) is 1. The average molecular weight is 251 g/mol. The van der Waals surface area contributed by atoms with Crippen LogP contribution in [-0.2, 0) is 9.47 Å². The van der Waals surface area contributed by atoms with Crippen LogP contribution in [0.4, 0.5) is 0 Å². The summed E-state index contributed by atoms with van der Waals surface area (Å²) in [5.74, 6) is -0.307. The van der Waals surface area contributed by atoms with Gasteiger partial charge in [0.05, 0.1) is 13.2 Å². The Morgan fingerprint density at radius 1 is 1.11 bits per heavy atom. The van der Waals surface area contributed by atoms with Crippen LogP contribution in [0.25, 0.3) is 0 Å². The highest BCUT2D eigenvalue weighted by Crippen LogP contribution is 2.39. The summed E-state index contributed by atoms with van der Waals surface area (Å²) in [6.07, 6.45) is 8.11. The van der Waals surface area contributed by atoms with Crippen molar-refractivity contribution in [3.05, 3.63) is 11.8 Å². The summed E-state index contributed by atoms with van der Waals surface area (Å²) < 4.78 is 12.1. The number of hydrogen-bond donors (Lipinski definition) is 0. The molecule has 2 aliphatic heterocycles. The second-order valence-electron chi connectivity index (χ2n) is 6.75. The molecule has 3 nitrogen and oxygen atoms in total. The van der Waals surface area contributed by atoms with Crippen molar-refractivity contribution >= 4 is 0 Å². The van der Waals surface area contributed by atoms with Gasteiger partial charge in [0.15, 0.2) is 5.79 Å². The van der Waals surface area contributed by atoms with Gasteiger partial charge in [0.25, 0.3) is 0 Å². The van der Waals surface area contributed by atoms with Crippen LogP contribution in [0.3, 0.4) is 0 Å². The molecule has 0 aromatic rings. The molecule has 1 spiro atoms. The molecule has 1 aliphatic carbocycles. The summed E-state index contributed by atoms with van der Waals surface area (Å²) in [7, 11) is 0. The maximum Gasteiger partial charge on any atom is 0.172 e. The number of rotatable bonds is 1. The molecule has 0 bridgehead atoms. The highest BCUT2D eigenvalue weighted by Gasteiger charge is 2.41. The summed E-state index contributed by atoms with van der Waals surface area (Å²) in [6.45, 7) is 8.53. The standard InChI is InChI=1S/C15H25NO2/c1-14(2)11-17-15(18-12-14)7-5-13(6-8-15)16-9-3-4-10-16/h5H,3-4,6-12H2,1-2H3. The fourth-order valence-electron chi connectivity index (χ4n) is 3.09. The molecule has 18 heavy (non-hydrogen) atoms. The maximum absolute atomic E-state index is 6.05. The van der Waals surface area contributed by atoms with Crippen LogP contribution >= 0.6 is 0 Å². The summed E-state index contributed by atoms with van der Waals surface area (Å²) >= 11 is 0. The van der Waals surface area contributed by atoms with Gasteiger partial charge in [-0.25, -0.2) is 0 Å². The van der Waals surface area contributed by atoms with E-state index in [0.717, 1.165) is 32.5 Å². The van der Waals surface area contributed by atoms with E-state index in [-0.39, 0.29) is 11.2 Å². The average Bonchev–Trinajstić information content (AvgIpc) is 2.88. The van der Waals surface area contributed by atoms with Crippen molar-refractivity contribution in [2.75, 3.05) is 26.3 Å². The van der Waals surface area contributed by atoms with E-state index >= 15 is 0 Å². The first-order valence-corrected chi connectivity index (χ1v) is 7.31. The van der Waals surface area contributed by atoms with Gasteiger partial charge in [-0.1, -0.05) is 19.9 Å². The fraction of sp³-hybridized carbons (Fsp3) is 0.867. The first-order valence-electron chi connectivity index (χ1n) is 7.31. The molecule has 2 saturated heterocycles. The van der Waals surface area contributed by atoms with Crippen LogP contribution in [0.5, 0.6) is 0 Å². The van der Waals surface area contributed by atoms with Gasteiger partial charge in [0.2, 0.25) is 0 Å². The van der Waals surface area contributed by atoms with E-state index in [9.17, 15) is 0 Å². The molecular formula is C15H25NO2. The van der Waals surface area contributed by atoms with Crippen molar-refractivity contribution in [3.8, 4) is 0 Å². The van der Waals surface area contributed by atoms with Crippen molar-refractivity contribution in [2.45, 2.75) is 51.7 Å². The molecule has 2 heterocycles. The third kappa shape index (κ3) is 2.43. The third-order valence-electron chi connectivity index (χ3n) is 4.37. The van der Waals surface area contributed by atoms with Crippen molar-refractivity contribution in [1.82, 2.24) is 4.90 Å². The van der Waals surface area contributed by atoms with Gasteiger partial charge >= 0.3 is 0 Å². The van der Waals surface area contributed by atoms with Crippen LogP contribution in [0.2, 0.25) is 0 Å². The molecule has 0 atom stereocenters. The maximum atomic E-state index is 6.05. The predicted octanol–water partition coefficient (Wildman–Crippen LogP) is 2.92. The highest BCUT2D eigenvalue weighted by atomic mass is 16.7. The van der Waals surface area contributed by atoms with Crippen molar-refractivity contribution in [2.24, 2.45) is 5.41 Å². The Balaban J connectivity index is 1.62. The number of hydrogen-bond acceptors (Lipinski definition) is 3. The minimum absolute atomic E-state index is 0.171. The lowest BCUT2D eigenvalue weighted by atomic mass is 9.91. The minimum atomic E-state index is -0.307. The van der Waals surface area contributed by atoms with Crippen molar-refractivity contribution in [3.63, 3.8) is 0 Å². The van der Waals surface area contributed by atoms with E-state index in [2.05, 4.69) is 24.8 Å². The van der Waals surface area contributed by atoms with Gasteiger partial charge in [-0.2, -0.15) is 0 Å². The summed E-state index contributed by atoms with van der Waals surface area (Å²) in [5, 5.41) is 0. The quantitative estimate of drug-likeness (QED) is 0.715. The van der Waals surface area contributed by atoms with E-state index in [4.69, 9.17) is 9.47 Å². The Bertz CT molecular complexity index is 332.